The third-order valence-corrected chi connectivity index (χ3v) is 7.50. The average molecular weight is 361 g/mol. The van der Waals surface area contributed by atoms with Gasteiger partial charge in [-0.15, -0.1) is 0 Å². The fourth-order valence-corrected chi connectivity index (χ4v) is 5.73. The van der Waals surface area contributed by atoms with Crippen LogP contribution < -0.4 is 0 Å². The van der Waals surface area contributed by atoms with Gasteiger partial charge in [0.05, 0.1) is 25.6 Å². The quantitative estimate of drug-likeness (QED) is 0.671. The van der Waals surface area contributed by atoms with Crippen LogP contribution >= 0.6 is 0 Å². The normalized spacial score (nSPS) is 29.7. The fourth-order valence-electron chi connectivity index (χ4n) is 4.86. The lowest BCUT2D eigenvalue weighted by atomic mass is 9.69. The summed E-state index contributed by atoms with van der Waals surface area (Å²) in [5.74, 6) is 0. The van der Waals surface area contributed by atoms with Gasteiger partial charge in [0.25, 0.3) is 0 Å². The molecule has 1 saturated carbocycles. The molecular weight excluding hydrogens is 328 g/mol. The largest absolute Gasteiger partial charge is 0.382 e. The lowest BCUT2D eigenvalue weighted by Crippen LogP contribution is -2.75. The van der Waals surface area contributed by atoms with Crippen LogP contribution in [0.15, 0.2) is 0 Å². The molecule has 0 amide bonds. The lowest BCUT2D eigenvalue weighted by Gasteiger charge is -2.63. The van der Waals surface area contributed by atoms with Crippen molar-refractivity contribution in [1.29, 1.82) is 0 Å². The molecule has 1 unspecified atom stereocenters. The van der Waals surface area contributed by atoms with Gasteiger partial charge in [-0.3, -0.25) is 4.90 Å². The van der Waals surface area contributed by atoms with Crippen LogP contribution in [0.4, 0.5) is 0 Å². The average Bonchev–Trinajstić information content (AvgIpc) is 2.57. The van der Waals surface area contributed by atoms with Crippen LogP contribution in [0.2, 0.25) is 0 Å². The van der Waals surface area contributed by atoms with Crippen molar-refractivity contribution in [3.05, 3.63) is 0 Å². The van der Waals surface area contributed by atoms with Gasteiger partial charge in [-0.2, -0.15) is 0 Å². The van der Waals surface area contributed by atoms with Gasteiger partial charge in [-0.25, -0.2) is 12.7 Å². The van der Waals surface area contributed by atoms with E-state index >= 15 is 0 Å². The van der Waals surface area contributed by atoms with Gasteiger partial charge in [-0.05, 0) is 25.7 Å². The van der Waals surface area contributed by atoms with E-state index in [1.165, 1.54) is 38.4 Å². The number of hydrogen-bond donors (Lipinski definition) is 0. The van der Waals surface area contributed by atoms with E-state index in [0.29, 0.717) is 38.4 Å². The molecule has 0 bridgehead atoms. The van der Waals surface area contributed by atoms with E-state index < -0.39 is 10.0 Å². The Morgan fingerprint density at radius 2 is 1.75 bits per heavy atom. The number of ether oxygens (including phenoxy) is 2. The Morgan fingerprint density at radius 3 is 2.33 bits per heavy atom. The maximum Gasteiger partial charge on any atom is 0.211 e. The van der Waals surface area contributed by atoms with Crippen molar-refractivity contribution >= 4 is 10.0 Å². The Balaban J connectivity index is 1.61. The van der Waals surface area contributed by atoms with Gasteiger partial charge in [0, 0.05) is 38.3 Å². The highest BCUT2D eigenvalue weighted by Crippen LogP contribution is 2.47. The second-order valence-corrected chi connectivity index (χ2v) is 9.54. The smallest absolute Gasteiger partial charge is 0.211 e. The molecule has 1 atom stereocenters. The highest BCUT2D eigenvalue weighted by Gasteiger charge is 2.56. The molecule has 0 radical (unpaired) electrons. The Morgan fingerprint density at radius 1 is 1.08 bits per heavy atom. The van der Waals surface area contributed by atoms with Gasteiger partial charge >= 0.3 is 0 Å². The van der Waals surface area contributed by atoms with E-state index in [1.807, 2.05) is 0 Å². The molecule has 2 saturated heterocycles. The highest BCUT2D eigenvalue weighted by atomic mass is 32.2. The lowest BCUT2D eigenvalue weighted by molar-refractivity contribution is -0.203. The van der Waals surface area contributed by atoms with Gasteiger partial charge < -0.3 is 9.47 Å². The van der Waals surface area contributed by atoms with Crippen LogP contribution in [0.25, 0.3) is 0 Å². The molecule has 0 aromatic carbocycles. The predicted molar refractivity (Wildman–Crippen MR) is 93.6 cm³/mol. The summed E-state index contributed by atoms with van der Waals surface area (Å²) in [7, 11) is -1.34. The second kappa shape index (κ2) is 7.58. The van der Waals surface area contributed by atoms with Crippen LogP contribution in [0, 0.1) is 0 Å². The molecule has 140 valence electrons. The monoisotopic (exact) mass is 360 g/mol. The van der Waals surface area contributed by atoms with E-state index in [9.17, 15) is 8.42 Å². The minimum absolute atomic E-state index is 0.198. The summed E-state index contributed by atoms with van der Waals surface area (Å²) < 4.78 is 36.3. The molecule has 0 aromatic rings. The molecule has 3 rings (SSSR count). The first-order chi connectivity index (χ1) is 11.5. The van der Waals surface area contributed by atoms with E-state index in [1.54, 1.807) is 11.4 Å². The molecule has 6 nitrogen and oxygen atoms in total. The first kappa shape index (κ1) is 18.6. The van der Waals surface area contributed by atoms with Gasteiger partial charge in [0.15, 0.2) is 0 Å². The minimum Gasteiger partial charge on any atom is -0.382 e. The summed E-state index contributed by atoms with van der Waals surface area (Å²) in [6.07, 6.45) is 9.85. The van der Waals surface area contributed by atoms with E-state index in [-0.39, 0.29) is 5.54 Å². The summed E-state index contributed by atoms with van der Waals surface area (Å²) in [5.41, 5.74) is 0.198. The van der Waals surface area contributed by atoms with Crippen molar-refractivity contribution in [2.75, 3.05) is 46.2 Å². The third kappa shape index (κ3) is 3.65. The zero-order valence-corrected chi connectivity index (χ0v) is 15.9. The van der Waals surface area contributed by atoms with Crippen molar-refractivity contribution in [2.24, 2.45) is 0 Å². The van der Waals surface area contributed by atoms with Crippen LogP contribution in [0.3, 0.4) is 0 Å². The molecule has 3 fully saturated rings. The van der Waals surface area contributed by atoms with Crippen molar-refractivity contribution in [2.45, 2.75) is 62.6 Å². The predicted octanol–water partition coefficient (Wildman–Crippen LogP) is 1.46. The Kier molecular flexibility index (Phi) is 5.87. The van der Waals surface area contributed by atoms with Crippen molar-refractivity contribution < 1.29 is 17.9 Å². The Bertz CT molecular complexity index is 511. The number of rotatable bonds is 6. The zero-order chi connectivity index (χ0) is 17.2. The standard InChI is InChI=1S/C17H32N2O4S/c1-22-12-13-23-16-14-19(17(16)8-4-3-5-9-17)15-6-10-18(11-7-15)24(2,20)21/h15-16H,3-14H2,1-2H3. The Hall–Kier alpha value is -0.210. The summed E-state index contributed by atoms with van der Waals surface area (Å²) in [6, 6.07) is 0.503. The summed E-state index contributed by atoms with van der Waals surface area (Å²) in [4.78, 5) is 2.66. The van der Waals surface area contributed by atoms with Crippen molar-refractivity contribution in [1.82, 2.24) is 9.21 Å². The molecule has 2 aliphatic heterocycles. The van der Waals surface area contributed by atoms with E-state index in [0.717, 1.165) is 19.4 Å². The number of sulfonamides is 1. The van der Waals surface area contributed by atoms with Crippen molar-refractivity contribution in [3.8, 4) is 0 Å². The molecule has 0 aromatic heterocycles. The van der Waals surface area contributed by atoms with Crippen LogP contribution in [-0.2, 0) is 19.5 Å². The van der Waals surface area contributed by atoms with Crippen LogP contribution in [0.5, 0.6) is 0 Å². The Labute approximate surface area is 146 Å². The molecule has 24 heavy (non-hydrogen) atoms. The number of hydrogen-bond acceptors (Lipinski definition) is 5. The van der Waals surface area contributed by atoms with Crippen LogP contribution in [0.1, 0.15) is 44.9 Å². The van der Waals surface area contributed by atoms with Gasteiger partial charge in [0.2, 0.25) is 10.0 Å². The topological polar surface area (TPSA) is 59.1 Å². The fraction of sp³-hybridized carbons (Fsp3) is 1.00. The molecule has 0 N–H and O–H groups in total. The molecule has 3 aliphatic rings. The minimum atomic E-state index is -3.05. The van der Waals surface area contributed by atoms with E-state index in [4.69, 9.17) is 9.47 Å². The third-order valence-electron chi connectivity index (χ3n) is 6.19. The molecular formula is C17H32N2O4S. The SMILES string of the molecule is COCCOC1CN(C2CCN(S(C)(=O)=O)CC2)C12CCCCC2. The maximum atomic E-state index is 11.7. The number of likely N-dealkylation sites (tertiary alicyclic amines) is 1. The van der Waals surface area contributed by atoms with E-state index in [2.05, 4.69) is 4.90 Å². The van der Waals surface area contributed by atoms with Gasteiger partial charge in [0.1, 0.15) is 0 Å². The second-order valence-electron chi connectivity index (χ2n) is 7.56. The molecule has 7 heteroatoms. The molecule has 2 heterocycles. The maximum absolute atomic E-state index is 11.7. The van der Waals surface area contributed by atoms with Gasteiger partial charge in [-0.1, -0.05) is 19.3 Å². The summed E-state index contributed by atoms with van der Waals surface area (Å²) in [5, 5.41) is 0. The highest BCUT2D eigenvalue weighted by molar-refractivity contribution is 7.88. The molecule has 1 spiro atoms. The van der Waals surface area contributed by atoms with Crippen molar-refractivity contribution in [3.63, 3.8) is 0 Å². The number of nitrogens with zero attached hydrogens (tertiary/aromatic N) is 2. The molecule has 1 aliphatic carbocycles. The first-order valence-corrected chi connectivity index (χ1v) is 11.1. The number of piperidine rings is 1. The first-order valence-electron chi connectivity index (χ1n) is 9.30. The summed E-state index contributed by atoms with van der Waals surface area (Å²) >= 11 is 0. The summed E-state index contributed by atoms with van der Waals surface area (Å²) in [6.45, 7) is 3.63. The zero-order valence-electron chi connectivity index (χ0n) is 15.1. The van der Waals surface area contributed by atoms with Crippen LogP contribution in [-0.4, -0.2) is 81.5 Å². The number of methoxy groups -OCH3 is 1.